The Morgan fingerprint density at radius 1 is 0.737 bits per heavy atom. The number of halogens is 1. The number of nitrogens with zero attached hydrogens (tertiary/aromatic N) is 1. The Labute approximate surface area is 234 Å². The zero-order valence-corrected chi connectivity index (χ0v) is 22.5. The molecular formula is C30H22ClNO4S2. The molecule has 0 aliphatic heterocycles. The number of oxime groups is 1. The maximum absolute atomic E-state index is 13.0. The highest BCUT2D eigenvalue weighted by Gasteiger charge is 2.16. The fraction of sp³-hybridized carbons (Fsp3) is 0.0667. The van der Waals surface area contributed by atoms with E-state index in [2.05, 4.69) is 9.99 Å². The lowest BCUT2D eigenvalue weighted by molar-refractivity contribution is -0.128. The van der Waals surface area contributed by atoms with Crippen LogP contribution >= 0.6 is 35.1 Å². The topological polar surface area (TPSA) is 72.8 Å². The van der Waals surface area contributed by atoms with E-state index in [0.717, 1.165) is 14.7 Å². The molecule has 190 valence electrons. The summed E-state index contributed by atoms with van der Waals surface area (Å²) in [6, 6.07) is 31.1. The monoisotopic (exact) mass is 559 g/mol. The van der Waals surface area contributed by atoms with Crippen molar-refractivity contribution in [2.75, 3.05) is 5.75 Å². The van der Waals surface area contributed by atoms with Gasteiger partial charge in [0.1, 0.15) is 5.71 Å². The zero-order chi connectivity index (χ0) is 26.7. The number of benzene rings is 4. The van der Waals surface area contributed by atoms with Crippen molar-refractivity contribution >= 4 is 58.9 Å². The van der Waals surface area contributed by atoms with E-state index in [1.165, 1.54) is 11.8 Å². The second-order valence-corrected chi connectivity index (χ2v) is 10.7. The summed E-state index contributed by atoms with van der Waals surface area (Å²) in [4.78, 5) is 43.8. The summed E-state index contributed by atoms with van der Waals surface area (Å²) in [5.41, 5.74) is 1.89. The van der Waals surface area contributed by atoms with E-state index in [0.29, 0.717) is 33.9 Å². The Kier molecular flexibility index (Phi) is 9.92. The van der Waals surface area contributed by atoms with Crippen LogP contribution in [0.4, 0.5) is 0 Å². The van der Waals surface area contributed by atoms with Crippen molar-refractivity contribution in [1.29, 1.82) is 0 Å². The summed E-state index contributed by atoms with van der Waals surface area (Å²) >= 11 is 8.99. The molecule has 8 heteroatoms. The van der Waals surface area contributed by atoms with Crippen LogP contribution in [0.1, 0.15) is 32.7 Å². The van der Waals surface area contributed by atoms with Crippen molar-refractivity contribution < 1.29 is 19.2 Å². The van der Waals surface area contributed by atoms with E-state index in [1.807, 2.05) is 66.7 Å². The molecule has 0 N–H and O–H groups in total. The van der Waals surface area contributed by atoms with Gasteiger partial charge in [-0.3, -0.25) is 14.4 Å². The van der Waals surface area contributed by atoms with E-state index in [9.17, 15) is 14.4 Å². The van der Waals surface area contributed by atoms with Gasteiger partial charge < -0.3 is 4.84 Å². The lowest BCUT2D eigenvalue weighted by atomic mass is 10.0. The molecule has 0 fully saturated rings. The van der Waals surface area contributed by atoms with Gasteiger partial charge in [0.05, 0.1) is 0 Å². The molecule has 4 aromatic rings. The number of ketones is 2. The minimum atomic E-state index is -0.302. The van der Waals surface area contributed by atoms with Crippen LogP contribution in [0.2, 0.25) is 5.02 Å². The molecule has 0 heterocycles. The quantitative estimate of drug-likeness (QED) is 0.0444. The standard InChI is InChI=1S/C30H22ClNO4S2/c31-24-10-16-25(17-11-24)37-19-18-28(32-36-20-33)30(35)23-8-14-27(15-9-23)38-26-12-6-22(7-13-26)29(34)21-4-2-1-3-5-21/h1-17,20H,18-19H2/b32-28+. The number of thioether (sulfide) groups is 1. The van der Waals surface area contributed by atoms with Crippen LogP contribution in [-0.2, 0) is 9.63 Å². The first-order valence-electron chi connectivity index (χ1n) is 11.6. The van der Waals surface area contributed by atoms with Gasteiger partial charge in [-0.1, -0.05) is 58.9 Å². The van der Waals surface area contributed by atoms with Crippen LogP contribution in [0.5, 0.6) is 0 Å². The van der Waals surface area contributed by atoms with Crippen LogP contribution in [0, 0.1) is 0 Å². The number of hydrogen-bond donors (Lipinski definition) is 0. The molecule has 0 radical (unpaired) electrons. The van der Waals surface area contributed by atoms with Crippen molar-refractivity contribution in [3.63, 3.8) is 0 Å². The van der Waals surface area contributed by atoms with Crippen LogP contribution in [0.15, 0.2) is 123 Å². The van der Waals surface area contributed by atoms with Crippen LogP contribution < -0.4 is 0 Å². The highest BCUT2D eigenvalue weighted by Crippen LogP contribution is 2.29. The smallest absolute Gasteiger partial charge is 0.321 e. The predicted octanol–water partition coefficient (Wildman–Crippen LogP) is 7.62. The second-order valence-electron chi connectivity index (χ2n) is 7.97. The molecule has 0 aromatic heterocycles. The lowest BCUT2D eigenvalue weighted by Crippen LogP contribution is -2.16. The minimum Gasteiger partial charge on any atom is -0.321 e. The zero-order valence-electron chi connectivity index (χ0n) is 20.1. The van der Waals surface area contributed by atoms with Crippen LogP contribution in [-0.4, -0.2) is 29.5 Å². The third-order valence-electron chi connectivity index (χ3n) is 5.39. The average Bonchev–Trinajstić information content (AvgIpc) is 2.96. The molecule has 0 spiro atoms. The number of carbonyl (C=O) groups is 3. The summed E-state index contributed by atoms with van der Waals surface area (Å²) in [7, 11) is 0. The highest BCUT2D eigenvalue weighted by atomic mass is 35.5. The number of carbonyl (C=O) groups excluding carboxylic acids is 3. The normalized spacial score (nSPS) is 11.1. The van der Waals surface area contributed by atoms with Gasteiger partial charge in [0.25, 0.3) is 0 Å². The maximum Gasteiger partial charge on any atom is 0.323 e. The van der Waals surface area contributed by atoms with Gasteiger partial charge >= 0.3 is 6.47 Å². The van der Waals surface area contributed by atoms with Gasteiger partial charge in [-0.25, -0.2) is 0 Å². The molecular weight excluding hydrogens is 538 g/mol. The van der Waals surface area contributed by atoms with E-state index in [4.69, 9.17) is 11.6 Å². The summed E-state index contributed by atoms with van der Waals surface area (Å²) in [5, 5.41) is 4.39. The van der Waals surface area contributed by atoms with Gasteiger partial charge in [-0.05, 0) is 72.8 Å². The number of Topliss-reactive ketones (excluding diaryl/α,β-unsaturated/α-hetero) is 1. The SMILES string of the molecule is O=CO/N=C(\CCSc1ccc(Cl)cc1)C(=O)c1ccc(Sc2ccc(C(=O)c3ccccc3)cc2)cc1. The molecule has 0 amide bonds. The molecule has 0 bridgehead atoms. The molecule has 5 nitrogen and oxygen atoms in total. The summed E-state index contributed by atoms with van der Waals surface area (Å²) in [6.07, 6.45) is 0.324. The Morgan fingerprint density at radius 2 is 1.29 bits per heavy atom. The molecule has 0 aliphatic rings. The summed E-state index contributed by atoms with van der Waals surface area (Å²) in [6.45, 7) is 0.193. The Hall–Kier alpha value is -3.65. The first-order valence-corrected chi connectivity index (χ1v) is 13.8. The van der Waals surface area contributed by atoms with Crippen molar-refractivity contribution in [1.82, 2.24) is 0 Å². The molecule has 0 saturated carbocycles. The van der Waals surface area contributed by atoms with Crippen molar-refractivity contribution in [3.8, 4) is 0 Å². The van der Waals surface area contributed by atoms with Gasteiger partial charge in [0.2, 0.25) is 5.78 Å². The van der Waals surface area contributed by atoms with E-state index in [-0.39, 0.29) is 23.8 Å². The second kappa shape index (κ2) is 13.8. The Balaban J connectivity index is 1.37. The van der Waals surface area contributed by atoms with Gasteiger partial charge in [-0.2, -0.15) is 0 Å². The van der Waals surface area contributed by atoms with Crippen molar-refractivity contribution in [3.05, 3.63) is 125 Å². The summed E-state index contributed by atoms with van der Waals surface area (Å²) < 4.78 is 0. The Morgan fingerprint density at radius 3 is 1.89 bits per heavy atom. The minimum absolute atomic E-state index is 0.0207. The van der Waals surface area contributed by atoms with Gasteiger partial charge in [0, 0.05) is 48.6 Å². The van der Waals surface area contributed by atoms with E-state index >= 15 is 0 Å². The molecule has 4 aromatic carbocycles. The molecule has 0 aliphatic carbocycles. The molecule has 0 saturated heterocycles. The molecule has 4 rings (SSSR count). The van der Waals surface area contributed by atoms with Crippen LogP contribution in [0.3, 0.4) is 0 Å². The van der Waals surface area contributed by atoms with Crippen molar-refractivity contribution in [2.24, 2.45) is 5.16 Å². The van der Waals surface area contributed by atoms with Gasteiger partial charge in [-0.15, -0.1) is 11.8 Å². The highest BCUT2D eigenvalue weighted by molar-refractivity contribution is 7.99. The molecule has 38 heavy (non-hydrogen) atoms. The Bertz CT molecular complexity index is 1420. The maximum atomic E-state index is 13.0. The lowest BCUT2D eigenvalue weighted by Gasteiger charge is -2.07. The third-order valence-corrected chi connectivity index (χ3v) is 7.68. The average molecular weight is 560 g/mol. The van der Waals surface area contributed by atoms with E-state index in [1.54, 1.807) is 48.2 Å². The first-order chi connectivity index (χ1) is 18.5. The third kappa shape index (κ3) is 7.68. The van der Waals surface area contributed by atoms with Gasteiger partial charge in [0.15, 0.2) is 5.78 Å². The van der Waals surface area contributed by atoms with Crippen LogP contribution in [0.25, 0.3) is 0 Å². The number of rotatable bonds is 12. The predicted molar refractivity (Wildman–Crippen MR) is 153 cm³/mol. The number of hydrogen-bond acceptors (Lipinski definition) is 7. The first kappa shape index (κ1) is 27.4. The fourth-order valence-corrected chi connectivity index (χ4v) is 5.29. The summed E-state index contributed by atoms with van der Waals surface area (Å²) in [5.74, 6) is 0.252. The fourth-order valence-electron chi connectivity index (χ4n) is 3.49. The van der Waals surface area contributed by atoms with E-state index < -0.39 is 0 Å². The molecule has 0 unspecified atom stereocenters. The van der Waals surface area contributed by atoms with Crippen molar-refractivity contribution in [2.45, 2.75) is 21.1 Å². The molecule has 0 atom stereocenters. The largest absolute Gasteiger partial charge is 0.323 e.